The fourth-order valence-corrected chi connectivity index (χ4v) is 4.13. The largest absolute Gasteiger partial charge is 0.214 e. The van der Waals surface area contributed by atoms with Crippen LogP contribution in [0.15, 0.2) is 0 Å². The third kappa shape index (κ3) is 3.97. The lowest BCUT2D eigenvalue weighted by molar-refractivity contribution is 0.342. The summed E-state index contributed by atoms with van der Waals surface area (Å²) in [7, 11) is -3.22. The predicted molar refractivity (Wildman–Crippen MR) is 67.8 cm³/mol. The van der Waals surface area contributed by atoms with Gasteiger partial charge in [-0.1, -0.05) is 0 Å². The van der Waals surface area contributed by atoms with E-state index in [2.05, 4.69) is 6.07 Å². The molecule has 0 aliphatic heterocycles. The topological polar surface area (TPSA) is 61.2 Å². The molecule has 1 fully saturated rings. The molecular weight excluding hydrogens is 236 g/mol. The van der Waals surface area contributed by atoms with Crippen LogP contribution in [-0.4, -0.2) is 30.6 Å². The van der Waals surface area contributed by atoms with E-state index in [0.29, 0.717) is 6.42 Å². The normalized spacial score (nSPS) is 17.5. The van der Waals surface area contributed by atoms with E-state index >= 15 is 0 Å². The number of hydrogen-bond donors (Lipinski definition) is 0. The number of nitriles is 1. The quantitative estimate of drug-likeness (QED) is 0.733. The molecule has 0 heterocycles. The van der Waals surface area contributed by atoms with Gasteiger partial charge in [-0.3, -0.25) is 0 Å². The Labute approximate surface area is 105 Å². The first-order valence-corrected chi connectivity index (χ1v) is 7.73. The van der Waals surface area contributed by atoms with Gasteiger partial charge in [-0.25, -0.2) is 8.42 Å². The molecule has 1 aliphatic carbocycles. The second-order valence-corrected chi connectivity index (χ2v) is 7.71. The first kappa shape index (κ1) is 14.5. The molecule has 1 saturated carbocycles. The highest BCUT2D eigenvalue weighted by Gasteiger charge is 2.39. The molecule has 1 rings (SSSR count). The zero-order chi connectivity index (χ0) is 13.3. The molecule has 0 aromatic rings. The van der Waals surface area contributed by atoms with E-state index in [0.717, 1.165) is 12.8 Å². The summed E-state index contributed by atoms with van der Waals surface area (Å²) in [4.78, 5) is 0. The Morgan fingerprint density at radius 1 is 1.41 bits per heavy atom. The molecular formula is C12H22N2O2S. The summed E-state index contributed by atoms with van der Waals surface area (Å²) in [6, 6.07) is 2.35. The minimum absolute atomic E-state index is 0.0118. The fourth-order valence-electron chi connectivity index (χ4n) is 1.84. The van der Waals surface area contributed by atoms with Crippen molar-refractivity contribution in [2.24, 2.45) is 5.41 Å². The average Bonchev–Trinajstić information content (AvgIpc) is 2.99. The number of rotatable bonds is 6. The van der Waals surface area contributed by atoms with Crippen LogP contribution in [0.3, 0.4) is 0 Å². The van der Waals surface area contributed by atoms with Crippen LogP contribution in [0.5, 0.6) is 0 Å². The van der Waals surface area contributed by atoms with Crippen LogP contribution in [0, 0.1) is 16.7 Å². The van der Waals surface area contributed by atoms with E-state index in [-0.39, 0.29) is 17.8 Å². The molecule has 0 amide bonds. The van der Waals surface area contributed by atoms with Gasteiger partial charge >= 0.3 is 0 Å². The minimum Gasteiger partial charge on any atom is -0.212 e. The molecule has 0 saturated heterocycles. The smallest absolute Gasteiger partial charge is 0.212 e. The number of nitrogens with zero attached hydrogens (tertiary/aromatic N) is 2. The second kappa shape index (κ2) is 4.95. The summed E-state index contributed by atoms with van der Waals surface area (Å²) >= 11 is 0. The molecule has 0 bridgehead atoms. The van der Waals surface area contributed by atoms with Crippen molar-refractivity contribution in [3.8, 4) is 6.07 Å². The Morgan fingerprint density at radius 3 is 2.29 bits per heavy atom. The lowest BCUT2D eigenvalue weighted by atomic mass is 9.93. The lowest BCUT2D eigenvalue weighted by Crippen LogP contribution is -2.40. The van der Waals surface area contributed by atoms with E-state index in [9.17, 15) is 8.42 Å². The van der Waals surface area contributed by atoms with Gasteiger partial charge in [0.15, 0.2) is 0 Å². The Balaban J connectivity index is 2.71. The van der Waals surface area contributed by atoms with Gasteiger partial charge in [0, 0.05) is 12.1 Å². The van der Waals surface area contributed by atoms with Gasteiger partial charge in [-0.15, -0.1) is 0 Å². The maximum atomic E-state index is 12.2. The third-order valence-corrected chi connectivity index (χ3v) is 5.11. The van der Waals surface area contributed by atoms with E-state index in [1.807, 2.05) is 13.8 Å². The maximum Gasteiger partial charge on any atom is 0.214 e. The van der Waals surface area contributed by atoms with Gasteiger partial charge in [0.2, 0.25) is 10.0 Å². The van der Waals surface area contributed by atoms with Crippen molar-refractivity contribution in [3.63, 3.8) is 0 Å². The molecule has 0 unspecified atom stereocenters. The Kier molecular flexibility index (Phi) is 4.21. The monoisotopic (exact) mass is 258 g/mol. The SMILES string of the molecule is CC(C)N(C1CC1)S(=O)(=O)CCC(C)(C)C#N. The number of sulfonamides is 1. The Hall–Kier alpha value is -0.600. The van der Waals surface area contributed by atoms with E-state index in [1.54, 1.807) is 18.2 Å². The van der Waals surface area contributed by atoms with Gasteiger partial charge in [-0.2, -0.15) is 9.57 Å². The van der Waals surface area contributed by atoms with Crippen molar-refractivity contribution >= 4 is 10.0 Å². The van der Waals surface area contributed by atoms with E-state index in [4.69, 9.17) is 5.26 Å². The van der Waals surface area contributed by atoms with E-state index in [1.165, 1.54) is 0 Å². The Bertz CT molecular complexity index is 401. The van der Waals surface area contributed by atoms with Crippen LogP contribution < -0.4 is 0 Å². The Morgan fingerprint density at radius 2 is 1.94 bits per heavy atom. The van der Waals surface area contributed by atoms with Crippen molar-refractivity contribution < 1.29 is 8.42 Å². The van der Waals surface area contributed by atoms with Gasteiger partial charge in [0.25, 0.3) is 0 Å². The molecule has 0 spiro atoms. The molecule has 0 aromatic carbocycles. The first-order valence-electron chi connectivity index (χ1n) is 6.12. The van der Waals surface area contributed by atoms with Crippen molar-refractivity contribution in [1.82, 2.24) is 4.31 Å². The highest BCUT2D eigenvalue weighted by atomic mass is 32.2. The highest BCUT2D eigenvalue weighted by Crippen LogP contribution is 2.32. The van der Waals surface area contributed by atoms with Crippen LogP contribution in [-0.2, 0) is 10.0 Å². The molecule has 0 aromatic heterocycles. The molecule has 5 heteroatoms. The molecule has 1 aliphatic rings. The molecule has 0 atom stereocenters. The standard InChI is InChI=1S/C12H22N2O2S/c1-10(2)14(11-5-6-11)17(15,16)8-7-12(3,4)9-13/h10-11H,5-8H2,1-4H3. The summed E-state index contributed by atoms with van der Waals surface area (Å²) in [5.74, 6) is 0.0717. The highest BCUT2D eigenvalue weighted by molar-refractivity contribution is 7.89. The maximum absolute atomic E-state index is 12.2. The van der Waals surface area contributed by atoms with Gasteiger partial charge in [0.05, 0.1) is 17.2 Å². The van der Waals surface area contributed by atoms with Crippen molar-refractivity contribution in [3.05, 3.63) is 0 Å². The summed E-state index contributed by atoms with van der Waals surface area (Å²) in [6.45, 7) is 7.37. The summed E-state index contributed by atoms with van der Waals surface area (Å²) in [5, 5.41) is 8.90. The van der Waals surface area contributed by atoms with Crippen LogP contribution in [0.2, 0.25) is 0 Å². The van der Waals surface area contributed by atoms with E-state index < -0.39 is 15.4 Å². The predicted octanol–water partition coefficient (Wildman–Crippen LogP) is 2.13. The third-order valence-electron chi connectivity index (χ3n) is 3.02. The van der Waals surface area contributed by atoms with Gasteiger partial charge < -0.3 is 0 Å². The number of hydrogen-bond acceptors (Lipinski definition) is 3. The van der Waals surface area contributed by atoms with Crippen molar-refractivity contribution in [2.75, 3.05) is 5.75 Å². The lowest BCUT2D eigenvalue weighted by Gasteiger charge is -2.27. The molecule has 98 valence electrons. The molecule has 17 heavy (non-hydrogen) atoms. The van der Waals surface area contributed by atoms with Crippen LogP contribution in [0.1, 0.15) is 47.0 Å². The zero-order valence-corrected chi connectivity index (χ0v) is 11.9. The summed E-state index contributed by atoms with van der Waals surface area (Å²) in [6.07, 6.45) is 2.33. The summed E-state index contributed by atoms with van der Waals surface area (Å²) < 4.78 is 26.1. The first-order chi connectivity index (χ1) is 7.69. The van der Waals surface area contributed by atoms with Crippen LogP contribution >= 0.6 is 0 Å². The fraction of sp³-hybridized carbons (Fsp3) is 0.917. The molecule has 0 N–H and O–H groups in total. The zero-order valence-electron chi connectivity index (χ0n) is 11.1. The van der Waals surface area contributed by atoms with Gasteiger partial charge in [-0.05, 0) is 47.0 Å². The molecule has 0 radical (unpaired) electrons. The van der Waals surface area contributed by atoms with Crippen LogP contribution in [0.4, 0.5) is 0 Å². The van der Waals surface area contributed by atoms with Crippen molar-refractivity contribution in [1.29, 1.82) is 5.26 Å². The average molecular weight is 258 g/mol. The van der Waals surface area contributed by atoms with Crippen molar-refractivity contribution in [2.45, 2.75) is 59.0 Å². The summed E-state index contributed by atoms with van der Waals surface area (Å²) in [5.41, 5.74) is -0.570. The molecule has 4 nitrogen and oxygen atoms in total. The second-order valence-electron chi connectivity index (χ2n) is 5.72. The van der Waals surface area contributed by atoms with Gasteiger partial charge in [0.1, 0.15) is 0 Å². The minimum atomic E-state index is -3.22. The van der Waals surface area contributed by atoms with Crippen LogP contribution in [0.25, 0.3) is 0 Å².